The van der Waals surface area contributed by atoms with Gasteiger partial charge in [0.25, 0.3) is 0 Å². The number of anilines is 3. The van der Waals surface area contributed by atoms with E-state index in [1.54, 1.807) is 6.20 Å². The lowest BCUT2D eigenvalue weighted by Crippen LogP contribution is -2.06. The second-order valence-corrected chi connectivity index (χ2v) is 5.22. The van der Waals surface area contributed by atoms with Crippen LogP contribution in [-0.4, -0.2) is 15.8 Å². The second kappa shape index (κ2) is 6.31. The summed E-state index contributed by atoms with van der Waals surface area (Å²) in [5, 5.41) is 3.16. The summed E-state index contributed by atoms with van der Waals surface area (Å²) in [6.07, 6.45) is 6.24. The van der Waals surface area contributed by atoms with Gasteiger partial charge in [0.15, 0.2) is 0 Å². The summed E-state index contributed by atoms with van der Waals surface area (Å²) in [5.74, 6) is 1.02. The van der Waals surface area contributed by atoms with Gasteiger partial charge in [-0.1, -0.05) is 12.1 Å². The van der Waals surface area contributed by atoms with Crippen LogP contribution in [0.15, 0.2) is 59.4 Å². The third-order valence-electron chi connectivity index (χ3n) is 3.45. The molecule has 0 spiro atoms. The molecule has 2 aromatic rings. The molecule has 3 rings (SSSR count). The van der Waals surface area contributed by atoms with E-state index in [0.717, 1.165) is 29.1 Å². The Balaban J connectivity index is 1.91. The van der Waals surface area contributed by atoms with Crippen LogP contribution >= 0.6 is 0 Å². The molecule has 0 fully saturated rings. The topological polar surface area (TPSA) is 102 Å². The number of benzene rings is 1. The lowest BCUT2D eigenvalue weighted by atomic mass is 10.1. The molecule has 0 saturated carbocycles. The predicted octanol–water partition coefficient (Wildman–Crippen LogP) is 2.85. The van der Waals surface area contributed by atoms with Gasteiger partial charge in [0.2, 0.25) is 5.95 Å². The molecule has 0 amide bonds. The summed E-state index contributed by atoms with van der Waals surface area (Å²) < 4.78 is 0. The molecule has 0 aliphatic carbocycles. The zero-order valence-corrected chi connectivity index (χ0v) is 12.8. The van der Waals surface area contributed by atoms with E-state index in [-0.39, 0.29) is 0 Å². The molecular formula is C17H18N6. The fraction of sp³-hybridized carbons (Fsp3) is 0.118. The van der Waals surface area contributed by atoms with E-state index in [1.165, 1.54) is 0 Å². The Hall–Kier alpha value is -3.15. The van der Waals surface area contributed by atoms with Crippen molar-refractivity contribution in [2.45, 2.75) is 13.3 Å². The number of hydrogen-bond donors (Lipinski definition) is 3. The van der Waals surface area contributed by atoms with Crippen LogP contribution in [0.1, 0.15) is 19.0 Å². The minimum atomic E-state index is 0.504. The Kier molecular flexibility index (Phi) is 4.05. The van der Waals surface area contributed by atoms with Gasteiger partial charge in [0.05, 0.1) is 5.69 Å². The molecule has 0 atom stereocenters. The van der Waals surface area contributed by atoms with Gasteiger partial charge < -0.3 is 16.8 Å². The van der Waals surface area contributed by atoms with Gasteiger partial charge in [0, 0.05) is 28.8 Å². The Morgan fingerprint density at radius 1 is 1.17 bits per heavy atom. The Labute approximate surface area is 134 Å². The molecule has 1 aromatic carbocycles. The van der Waals surface area contributed by atoms with Crippen molar-refractivity contribution in [1.82, 2.24) is 9.97 Å². The van der Waals surface area contributed by atoms with Crippen LogP contribution in [-0.2, 0) is 0 Å². The number of rotatable bonds is 3. The quantitative estimate of drug-likeness (QED) is 0.757. The molecule has 0 radical (unpaired) electrons. The summed E-state index contributed by atoms with van der Waals surface area (Å²) >= 11 is 0. The highest BCUT2D eigenvalue weighted by Gasteiger charge is 2.10. The molecule has 1 aliphatic heterocycles. The summed E-state index contributed by atoms with van der Waals surface area (Å²) in [6, 6.07) is 9.32. The average Bonchev–Trinajstić information content (AvgIpc) is 2.68. The fourth-order valence-electron chi connectivity index (χ4n) is 2.37. The van der Waals surface area contributed by atoms with Crippen LogP contribution in [0.4, 0.5) is 17.3 Å². The molecule has 23 heavy (non-hydrogen) atoms. The lowest BCUT2D eigenvalue weighted by molar-refractivity contribution is 1.12. The number of nitrogens with zero attached hydrogens (tertiary/aromatic N) is 3. The largest absolute Gasteiger partial charge is 0.399 e. The molecule has 1 aliphatic rings. The highest BCUT2D eigenvalue weighted by Crippen LogP contribution is 2.25. The first-order chi connectivity index (χ1) is 11.1. The minimum Gasteiger partial charge on any atom is -0.399 e. The van der Waals surface area contributed by atoms with E-state index in [9.17, 15) is 0 Å². The fourth-order valence-corrected chi connectivity index (χ4v) is 2.37. The third kappa shape index (κ3) is 3.55. The number of allylic oxidation sites excluding steroid dienone is 3. The molecule has 5 N–H and O–H groups in total. The van der Waals surface area contributed by atoms with Gasteiger partial charge in [-0.2, -0.15) is 0 Å². The molecule has 116 valence electrons. The summed E-state index contributed by atoms with van der Waals surface area (Å²) in [4.78, 5) is 13.2. The monoisotopic (exact) mass is 306 g/mol. The summed E-state index contributed by atoms with van der Waals surface area (Å²) in [6.45, 7) is 1.93. The van der Waals surface area contributed by atoms with Crippen molar-refractivity contribution in [1.29, 1.82) is 0 Å². The van der Waals surface area contributed by atoms with Gasteiger partial charge in [-0.3, -0.25) is 0 Å². The molecule has 6 nitrogen and oxygen atoms in total. The van der Waals surface area contributed by atoms with E-state index >= 15 is 0 Å². The van der Waals surface area contributed by atoms with Crippen molar-refractivity contribution < 1.29 is 0 Å². The molecular weight excluding hydrogens is 288 g/mol. The van der Waals surface area contributed by atoms with Crippen LogP contribution in [0.2, 0.25) is 0 Å². The highest BCUT2D eigenvalue weighted by atomic mass is 15.1. The average molecular weight is 306 g/mol. The van der Waals surface area contributed by atoms with E-state index in [0.29, 0.717) is 17.5 Å². The first-order valence-corrected chi connectivity index (χ1v) is 7.28. The Bertz CT molecular complexity index is 819. The second-order valence-electron chi connectivity index (χ2n) is 5.22. The zero-order valence-electron chi connectivity index (χ0n) is 12.8. The van der Waals surface area contributed by atoms with Crippen LogP contribution < -0.4 is 16.8 Å². The zero-order chi connectivity index (χ0) is 16.2. The van der Waals surface area contributed by atoms with Gasteiger partial charge in [-0.05, 0) is 43.7 Å². The number of nitrogens with two attached hydrogens (primary N) is 2. The van der Waals surface area contributed by atoms with Crippen molar-refractivity contribution in [2.75, 3.05) is 11.1 Å². The molecule has 6 heteroatoms. The lowest BCUT2D eigenvalue weighted by Gasteiger charge is -2.09. The maximum atomic E-state index is 5.79. The van der Waals surface area contributed by atoms with Crippen molar-refractivity contribution in [3.8, 4) is 0 Å². The standard InChI is InChI=1S/C17H18N6/c1-11-14(6-3-7-16(19)21-11)15-8-9-20-17(23-15)22-13-5-2-4-12(18)10-13/h2-5,7-10H,6,18H2,1H3,(H2,19,21)(H,20,22,23). The van der Waals surface area contributed by atoms with Gasteiger partial charge >= 0.3 is 0 Å². The van der Waals surface area contributed by atoms with Crippen LogP contribution in [0.5, 0.6) is 0 Å². The third-order valence-corrected chi connectivity index (χ3v) is 3.45. The maximum Gasteiger partial charge on any atom is 0.227 e. The number of nitrogens with one attached hydrogen (secondary N) is 1. The van der Waals surface area contributed by atoms with Crippen LogP contribution in [0, 0.1) is 0 Å². The number of aliphatic imine (C=N–C) groups is 1. The van der Waals surface area contributed by atoms with Crippen molar-refractivity contribution in [2.24, 2.45) is 10.7 Å². The van der Waals surface area contributed by atoms with Crippen molar-refractivity contribution in [3.05, 3.63) is 60.1 Å². The Morgan fingerprint density at radius 2 is 2.04 bits per heavy atom. The number of hydrogen-bond acceptors (Lipinski definition) is 6. The first kappa shape index (κ1) is 14.8. The molecule has 0 unspecified atom stereocenters. The number of aromatic nitrogens is 2. The normalized spacial score (nSPS) is 14.4. The van der Waals surface area contributed by atoms with Gasteiger partial charge in [-0.15, -0.1) is 0 Å². The molecule has 0 saturated heterocycles. The van der Waals surface area contributed by atoms with Gasteiger partial charge in [0.1, 0.15) is 5.84 Å². The number of amidine groups is 1. The van der Waals surface area contributed by atoms with E-state index in [4.69, 9.17) is 11.5 Å². The van der Waals surface area contributed by atoms with E-state index in [1.807, 2.05) is 49.4 Å². The SMILES string of the molecule is CC1=C(c2ccnc(Nc3cccc(N)c3)n2)CC=CC(N)=N1. The molecule has 2 heterocycles. The molecule has 1 aromatic heterocycles. The predicted molar refractivity (Wildman–Crippen MR) is 94.1 cm³/mol. The molecule has 0 bridgehead atoms. The number of nitrogen functional groups attached to an aromatic ring is 1. The first-order valence-electron chi connectivity index (χ1n) is 7.28. The van der Waals surface area contributed by atoms with Crippen molar-refractivity contribution in [3.63, 3.8) is 0 Å². The van der Waals surface area contributed by atoms with Crippen molar-refractivity contribution >= 4 is 28.7 Å². The highest BCUT2D eigenvalue weighted by molar-refractivity contribution is 5.94. The van der Waals surface area contributed by atoms with Crippen LogP contribution in [0.3, 0.4) is 0 Å². The van der Waals surface area contributed by atoms with E-state index < -0.39 is 0 Å². The summed E-state index contributed by atoms with van der Waals surface area (Å²) in [7, 11) is 0. The van der Waals surface area contributed by atoms with E-state index in [2.05, 4.69) is 20.3 Å². The maximum absolute atomic E-state index is 5.79. The Morgan fingerprint density at radius 3 is 2.87 bits per heavy atom. The smallest absolute Gasteiger partial charge is 0.227 e. The van der Waals surface area contributed by atoms with Crippen LogP contribution in [0.25, 0.3) is 5.57 Å². The summed E-state index contributed by atoms with van der Waals surface area (Å²) in [5.41, 5.74) is 15.8. The minimum absolute atomic E-state index is 0.504. The van der Waals surface area contributed by atoms with Gasteiger partial charge in [-0.25, -0.2) is 15.0 Å².